The van der Waals surface area contributed by atoms with E-state index in [4.69, 9.17) is 16.3 Å². The molecule has 6 nitrogen and oxygen atoms in total. The minimum atomic E-state index is -0.0584. The minimum absolute atomic E-state index is 0.0584. The SMILES string of the molecule is [C-]#[N+]c1ccc(-c2nc(CCC3CCCNCC3)n(C)c(=O)c2-c2ccc(OC)cc2)cc1. The molecule has 1 fully saturated rings. The van der Waals surface area contributed by atoms with E-state index in [-0.39, 0.29) is 5.56 Å². The molecule has 2 aromatic carbocycles. The first-order chi connectivity index (χ1) is 16.1. The summed E-state index contributed by atoms with van der Waals surface area (Å²) in [5.41, 5.74) is 3.38. The molecule has 1 unspecified atom stereocenters. The normalized spacial score (nSPS) is 16.1. The number of nitrogens with one attached hydrogen (secondary N) is 1. The molecule has 0 amide bonds. The molecule has 0 bridgehead atoms. The predicted octanol–water partition coefficient (Wildman–Crippen LogP) is 5.00. The van der Waals surface area contributed by atoms with Crippen molar-refractivity contribution in [3.8, 4) is 28.1 Å². The van der Waals surface area contributed by atoms with E-state index in [0.717, 1.165) is 48.6 Å². The van der Waals surface area contributed by atoms with Crippen molar-refractivity contribution in [2.45, 2.75) is 32.1 Å². The van der Waals surface area contributed by atoms with Gasteiger partial charge in [0.25, 0.3) is 5.56 Å². The highest BCUT2D eigenvalue weighted by Gasteiger charge is 2.20. The molecule has 2 heterocycles. The smallest absolute Gasteiger partial charge is 0.261 e. The van der Waals surface area contributed by atoms with Crippen molar-refractivity contribution in [3.05, 3.63) is 76.1 Å². The Hall–Kier alpha value is -3.43. The molecule has 33 heavy (non-hydrogen) atoms. The summed E-state index contributed by atoms with van der Waals surface area (Å²) in [6, 6.07) is 14.8. The second-order valence-corrected chi connectivity index (χ2v) is 8.59. The average molecular weight is 443 g/mol. The van der Waals surface area contributed by atoms with Crippen LogP contribution in [-0.2, 0) is 13.5 Å². The van der Waals surface area contributed by atoms with Crippen LogP contribution in [0.3, 0.4) is 0 Å². The highest BCUT2D eigenvalue weighted by molar-refractivity contribution is 5.81. The van der Waals surface area contributed by atoms with Gasteiger partial charge in [-0.05, 0) is 68.0 Å². The van der Waals surface area contributed by atoms with Crippen molar-refractivity contribution in [1.82, 2.24) is 14.9 Å². The van der Waals surface area contributed by atoms with Gasteiger partial charge in [0, 0.05) is 13.5 Å². The number of rotatable bonds is 6. The van der Waals surface area contributed by atoms with Crippen LogP contribution in [0.15, 0.2) is 53.3 Å². The standard InChI is InChI=1S/C27H30N4O2/c1-28-22-11-7-21(8-12-22)26-25(20-9-13-23(33-3)14-10-20)27(32)31(2)24(30-26)15-6-19-5-4-17-29-18-16-19/h7-14,19,29H,4-6,15-18H2,2-3H3. The van der Waals surface area contributed by atoms with E-state index in [2.05, 4.69) is 10.2 Å². The first kappa shape index (κ1) is 22.8. The molecule has 0 spiro atoms. The van der Waals surface area contributed by atoms with Crippen LogP contribution in [0.5, 0.6) is 5.75 Å². The molecule has 1 aliphatic rings. The summed E-state index contributed by atoms with van der Waals surface area (Å²) in [4.78, 5) is 22.1. The van der Waals surface area contributed by atoms with Crippen LogP contribution < -0.4 is 15.6 Å². The monoisotopic (exact) mass is 442 g/mol. The molecule has 1 aliphatic heterocycles. The Morgan fingerprint density at radius 3 is 2.52 bits per heavy atom. The third-order valence-electron chi connectivity index (χ3n) is 6.50. The zero-order valence-electron chi connectivity index (χ0n) is 19.3. The Kier molecular flexibility index (Phi) is 7.21. The molecule has 6 heteroatoms. The summed E-state index contributed by atoms with van der Waals surface area (Å²) < 4.78 is 6.99. The highest BCUT2D eigenvalue weighted by Crippen LogP contribution is 2.31. The Labute approximate surface area is 195 Å². The van der Waals surface area contributed by atoms with Crippen LogP contribution in [0.1, 0.15) is 31.5 Å². The summed E-state index contributed by atoms with van der Waals surface area (Å²) in [5.74, 6) is 2.19. The first-order valence-corrected chi connectivity index (χ1v) is 11.5. The van der Waals surface area contributed by atoms with E-state index < -0.39 is 0 Å². The molecule has 170 valence electrons. The second kappa shape index (κ2) is 10.5. The van der Waals surface area contributed by atoms with Gasteiger partial charge in [0.1, 0.15) is 11.6 Å². The van der Waals surface area contributed by atoms with E-state index in [1.165, 1.54) is 19.3 Å². The minimum Gasteiger partial charge on any atom is -0.497 e. The van der Waals surface area contributed by atoms with Gasteiger partial charge in [0.2, 0.25) is 0 Å². The van der Waals surface area contributed by atoms with Gasteiger partial charge >= 0.3 is 0 Å². The Balaban J connectivity index is 1.76. The van der Waals surface area contributed by atoms with Crippen LogP contribution in [0.2, 0.25) is 0 Å². The maximum atomic E-state index is 13.6. The van der Waals surface area contributed by atoms with Crippen molar-refractivity contribution >= 4 is 5.69 Å². The van der Waals surface area contributed by atoms with Gasteiger partial charge in [-0.1, -0.05) is 36.4 Å². The summed E-state index contributed by atoms with van der Waals surface area (Å²) in [5, 5.41) is 3.47. The molecule has 0 aliphatic carbocycles. The van der Waals surface area contributed by atoms with Gasteiger partial charge in [-0.3, -0.25) is 9.36 Å². The second-order valence-electron chi connectivity index (χ2n) is 8.59. The van der Waals surface area contributed by atoms with Crippen molar-refractivity contribution < 1.29 is 4.74 Å². The molecule has 1 saturated heterocycles. The van der Waals surface area contributed by atoms with Crippen LogP contribution >= 0.6 is 0 Å². The molecule has 4 rings (SSSR count). The number of hydrogen-bond acceptors (Lipinski definition) is 4. The molecule has 1 N–H and O–H groups in total. The van der Waals surface area contributed by atoms with Gasteiger partial charge < -0.3 is 10.1 Å². The summed E-state index contributed by atoms with van der Waals surface area (Å²) >= 11 is 0. The van der Waals surface area contributed by atoms with Gasteiger partial charge in [0.05, 0.1) is 24.9 Å². The lowest BCUT2D eigenvalue weighted by Gasteiger charge is -2.17. The third-order valence-corrected chi connectivity index (χ3v) is 6.50. The summed E-state index contributed by atoms with van der Waals surface area (Å²) in [6.45, 7) is 9.39. The van der Waals surface area contributed by atoms with Crippen molar-refractivity contribution in [2.75, 3.05) is 20.2 Å². The lowest BCUT2D eigenvalue weighted by atomic mass is 9.94. The lowest BCUT2D eigenvalue weighted by molar-refractivity contribution is 0.415. The number of aromatic nitrogens is 2. The van der Waals surface area contributed by atoms with Gasteiger partial charge in [-0.15, -0.1) is 0 Å². The molecule has 1 aromatic heterocycles. The zero-order valence-corrected chi connectivity index (χ0v) is 19.3. The maximum Gasteiger partial charge on any atom is 0.261 e. The summed E-state index contributed by atoms with van der Waals surface area (Å²) in [6.07, 6.45) is 5.39. The summed E-state index contributed by atoms with van der Waals surface area (Å²) in [7, 11) is 3.44. The Morgan fingerprint density at radius 1 is 1.09 bits per heavy atom. The number of ether oxygens (including phenoxy) is 1. The molecule has 0 radical (unpaired) electrons. The Bertz CT molecular complexity index is 1180. The van der Waals surface area contributed by atoms with Crippen molar-refractivity contribution in [2.24, 2.45) is 13.0 Å². The van der Waals surface area contributed by atoms with Crippen LogP contribution in [0, 0.1) is 12.5 Å². The van der Waals surface area contributed by atoms with E-state index in [0.29, 0.717) is 22.9 Å². The number of aryl methyl sites for hydroxylation is 1. The van der Waals surface area contributed by atoms with Gasteiger partial charge in [-0.2, -0.15) is 0 Å². The molecule has 1 atom stereocenters. The number of hydrogen-bond donors (Lipinski definition) is 1. The zero-order chi connectivity index (χ0) is 23.2. The fraction of sp³-hybridized carbons (Fsp3) is 0.370. The maximum absolute atomic E-state index is 13.6. The molecular formula is C27H30N4O2. The number of nitrogens with zero attached hydrogens (tertiary/aromatic N) is 3. The van der Waals surface area contributed by atoms with E-state index >= 15 is 0 Å². The van der Waals surface area contributed by atoms with Crippen LogP contribution in [-0.4, -0.2) is 29.8 Å². The van der Waals surface area contributed by atoms with Crippen LogP contribution in [0.25, 0.3) is 27.2 Å². The Morgan fingerprint density at radius 2 is 1.82 bits per heavy atom. The predicted molar refractivity (Wildman–Crippen MR) is 132 cm³/mol. The molecule has 3 aromatic rings. The van der Waals surface area contributed by atoms with Gasteiger partial charge in [0.15, 0.2) is 5.69 Å². The van der Waals surface area contributed by atoms with E-state index in [9.17, 15) is 4.79 Å². The third kappa shape index (κ3) is 5.15. The first-order valence-electron chi connectivity index (χ1n) is 11.5. The molecule has 0 saturated carbocycles. The van der Waals surface area contributed by atoms with Crippen molar-refractivity contribution in [1.29, 1.82) is 0 Å². The van der Waals surface area contributed by atoms with Crippen LogP contribution in [0.4, 0.5) is 5.69 Å². The molecular weight excluding hydrogens is 412 g/mol. The average Bonchev–Trinajstić information content (AvgIpc) is 3.14. The largest absolute Gasteiger partial charge is 0.497 e. The lowest BCUT2D eigenvalue weighted by Crippen LogP contribution is -2.25. The van der Waals surface area contributed by atoms with E-state index in [1.54, 1.807) is 23.8 Å². The number of methoxy groups -OCH3 is 1. The topological polar surface area (TPSA) is 60.5 Å². The fourth-order valence-electron chi connectivity index (χ4n) is 4.50. The van der Waals surface area contributed by atoms with E-state index in [1.807, 2.05) is 43.4 Å². The highest BCUT2D eigenvalue weighted by atomic mass is 16.5. The fourth-order valence-corrected chi connectivity index (χ4v) is 4.50. The van der Waals surface area contributed by atoms with Crippen molar-refractivity contribution in [3.63, 3.8) is 0 Å². The quantitative estimate of drug-likeness (QED) is 0.546. The number of benzene rings is 2. The van der Waals surface area contributed by atoms with Gasteiger partial charge in [-0.25, -0.2) is 9.83 Å².